The van der Waals surface area contributed by atoms with Gasteiger partial charge >= 0.3 is 0 Å². The van der Waals surface area contributed by atoms with Crippen LogP contribution in [-0.4, -0.2) is 4.98 Å². The van der Waals surface area contributed by atoms with Gasteiger partial charge in [-0.15, -0.1) is 0 Å². The maximum absolute atomic E-state index is 3.17. The number of aromatic nitrogens is 1. The Morgan fingerprint density at radius 2 is 2.20 bits per heavy atom. The minimum atomic E-state index is 0.759. The molecule has 1 rings (SSSR count). The minimum absolute atomic E-state index is 0.759. The maximum atomic E-state index is 3.17. The van der Waals surface area contributed by atoms with Gasteiger partial charge in [-0.3, -0.25) is 0 Å². The lowest BCUT2D eigenvalue weighted by molar-refractivity contribution is 0.645. The van der Waals surface area contributed by atoms with Gasteiger partial charge < -0.3 is 4.98 Å². The van der Waals surface area contributed by atoms with E-state index in [0.717, 1.165) is 5.92 Å². The summed E-state index contributed by atoms with van der Waals surface area (Å²) < 4.78 is 0. The molecule has 1 N–H and O–H groups in total. The summed E-state index contributed by atoms with van der Waals surface area (Å²) >= 11 is 0. The molecule has 0 aromatic carbocycles. The van der Waals surface area contributed by atoms with Crippen LogP contribution in [0.2, 0.25) is 0 Å². The van der Waals surface area contributed by atoms with Crippen LogP contribution in [0.25, 0.3) is 0 Å². The second-order valence-electron chi connectivity index (χ2n) is 3.23. The van der Waals surface area contributed by atoms with E-state index in [4.69, 9.17) is 0 Å². The third kappa shape index (κ3) is 1.63. The Hall–Kier alpha value is -0.720. The zero-order valence-electron chi connectivity index (χ0n) is 6.94. The average molecular weight is 137 g/mol. The molecule has 0 fully saturated rings. The van der Waals surface area contributed by atoms with Gasteiger partial charge in [-0.25, -0.2) is 0 Å². The van der Waals surface area contributed by atoms with Crippen LogP contribution < -0.4 is 0 Å². The van der Waals surface area contributed by atoms with Gasteiger partial charge in [0.15, 0.2) is 0 Å². The fourth-order valence-electron chi connectivity index (χ4n) is 1.15. The first-order valence-electron chi connectivity index (χ1n) is 3.83. The molecule has 1 nitrogen and oxygen atoms in total. The summed E-state index contributed by atoms with van der Waals surface area (Å²) in [5.41, 5.74) is 2.77. The van der Waals surface area contributed by atoms with Gasteiger partial charge in [0.25, 0.3) is 0 Å². The molecular weight excluding hydrogens is 122 g/mol. The standard InChI is InChI=1S/C9H15N/c1-7(2)6-9-4-5-10-8(9)3/h4-5,7,10H,6H2,1-3H3. The molecule has 10 heavy (non-hydrogen) atoms. The monoisotopic (exact) mass is 137 g/mol. The lowest BCUT2D eigenvalue weighted by Crippen LogP contribution is -1.93. The maximum Gasteiger partial charge on any atom is 0.0148 e. The highest BCUT2D eigenvalue weighted by molar-refractivity contribution is 5.19. The smallest absolute Gasteiger partial charge is 0.0148 e. The molecule has 0 aliphatic heterocycles. The van der Waals surface area contributed by atoms with Crippen molar-refractivity contribution in [3.05, 3.63) is 23.5 Å². The van der Waals surface area contributed by atoms with E-state index in [2.05, 4.69) is 31.8 Å². The first-order chi connectivity index (χ1) is 4.70. The van der Waals surface area contributed by atoms with Gasteiger partial charge in [-0.05, 0) is 30.9 Å². The van der Waals surface area contributed by atoms with Crippen molar-refractivity contribution in [2.24, 2.45) is 5.92 Å². The highest BCUT2D eigenvalue weighted by atomic mass is 14.7. The molecule has 0 aliphatic carbocycles. The lowest BCUT2D eigenvalue weighted by Gasteiger charge is -2.02. The van der Waals surface area contributed by atoms with Crippen LogP contribution in [-0.2, 0) is 6.42 Å². The van der Waals surface area contributed by atoms with Crippen LogP contribution in [0.3, 0.4) is 0 Å². The Labute approximate surface area is 62.5 Å². The summed E-state index contributed by atoms with van der Waals surface area (Å²) in [6.07, 6.45) is 3.20. The molecule has 1 aromatic heterocycles. The molecule has 0 radical (unpaired) electrons. The molecule has 1 heterocycles. The van der Waals surface area contributed by atoms with Crippen molar-refractivity contribution >= 4 is 0 Å². The number of aryl methyl sites for hydroxylation is 1. The number of aromatic amines is 1. The number of rotatable bonds is 2. The minimum Gasteiger partial charge on any atom is -0.365 e. The van der Waals surface area contributed by atoms with Crippen LogP contribution >= 0.6 is 0 Å². The Bertz CT molecular complexity index is 198. The van der Waals surface area contributed by atoms with Gasteiger partial charge in [0.05, 0.1) is 0 Å². The first-order valence-corrected chi connectivity index (χ1v) is 3.83. The van der Waals surface area contributed by atoms with E-state index < -0.39 is 0 Å². The van der Waals surface area contributed by atoms with Gasteiger partial charge in [0.1, 0.15) is 0 Å². The molecule has 0 aliphatic rings. The molecule has 1 aromatic rings. The van der Waals surface area contributed by atoms with Crippen LogP contribution in [0, 0.1) is 12.8 Å². The van der Waals surface area contributed by atoms with E-state index in [1.54, 1.807) is 0 Å². The van der Waals surface area contributed by atoms with Crippen molar-refractivity contribution in [2.45, 2.75) is 27.2 Å². The number of hydrogen-bond acceptors (Lipinski definition) is 0. The third-order valence-electron chi connectivity index (χ3n) is 1.69. The summed E-state index contributed by atoms with van der Waals surface area (Å²) in [7, 11) is 0. The molecule has 0 saturated heterocycles. The summed E-state index contributed by atoms with van der Waals surface area (Å²) in [5.74, 6) is 0.759. The third-order valence-corrected chi connectivity index (χ3v) is 1.69. The highest BCUT2D eigenvalue weighted by Crippen LogP contribution is 2.10. The fraction of sp³-hybridized carbons (Fsp3) is 0.556. The molecule has 56 valence electrons. The summed E-state index contributed by atoms with van der Waals surface area (Å²) in [6.45, 7) is 6.61. The summed E-state index contributed by atoms with van der Waals surface area (Å²) in [5, 5.41) is 0. The molecule has 1 heteroatoms. The Morgan fingerprint density at radius 3 is 2.60 bits per heavy atom. The van der Waals surface area contributed by atoms with Crippen LogP contribution in [0.4, 0.5) is 0 Å². The van der Waals surface area contributed by atoms with E-state index in [1.807, 2.05) is 6.20 Å². The lowest BCUT2D eigenvalue weighted by atomic mass is 10.0. The van der Waals surface area contributed by atoms with Gasteiger partial charge in [-0.1, -0.05) is 13.8 Å². The highest BCUT2D eigenvalue weighted by Gasteiger charge is 2.00. The van der Waals surface area contributed by atoms with Crippen molar-refractivity contribution in [1.82, 2.24) is 4.98 Å². The van der Waals surface area contributed by atoms with Crippen LogP contribution in [0.1, 0.15) is 25.1 Å². The van der Waals surface area contributed by atoms with E-state index in [9.17, 15) is 0 Å². The molecule has 0 unspecified atom stereocenters. The molecule has 0 spiro atoms. The first kappa shape index (κ1) is 7.39. The molecule has 0 amide bonds. The molecular formula is C9H15N. The van der Waals surface area contributed by atoms with Crippen molar-refractivity contribution in [1.29, 1.82) is 0 Å². The Balaban J connectivity index is 2.65. The fourth-order valence-corrected chi connectivity index (χ4v) is 1.15. The molecule has 0 saturated carbocycles. The predicted molar refractivity (Wildman–Crippen MR) is 44.1 cm³/mol. The van der Waals surface area contributed by atoms with E-state index in [-0.39, 0.29) is 0 Å². The predicted octanol–water partition coefficient (Wildman–Crippen LogP) is 2.52. The van der Waals surface area contributed by atoms with Gasteiger partial charge in [0, 0.05) is 11.9 Å². The van der Waals surface area contributed by atoms with Crippen molar-refractivity contribution in [2.75, 3.05) is 0 Å². The van der Waals surface area contributed by atoms with Gasteiger partial charge in [0.2, 0.25) is 0 Å². The second kappa shape index (κ2) is 2.91. The van der Waals surface area contributed by atoms with Crippen molar-refractivity contribution in [3.8, 4) is 0 Å². The number of nitrogens with one attached hydrogen (secondary N) is 1. The van der Waals surface area contributed by atoms with E-state index >= 15 is 0 Å². The average Bonchev–Trinajstić information content (AvgIpc) is 2.15. The normalized spacial score (nSPS) is 10.8. The van der Waals surface area contributed by atoms with Crippen LogP contribution in [0.15, 0.2) is 12.3 Å². The summed E-state index contributed by atoms with van der Waals surface area (Å²) in [4.78, 5) is 3.17. The number of hydrogen-bond donors (Lipinski definition) is 1. The van der Waals surface area contributed by atoms with E-state index in [1.165, 1.54) is 17.7 Å². The summed E-state index contributed by atoms with van der Waals surface area (Å²) in [6, 6.07) is 2.16. The van der Waals surface area contributed by atoms with Crippen LogP contribution in [0.5, 0.6) is 0 Å². The Morgan fingerprint density at radius 1 is 1.50 bits per heavy atom. The second-order valence-corrected chi connectivity index (χ2v) is 3.23. The SMILES string of the molecule is Cc1[nH]ccc1CC(C)C. The van der Waals surface area contributed by atoms with E-state index in [0.29, 0.717) is 0 Å². The molecule has 0 bridgehead atoms. The van der Waals surface area contributed by atoms with Crippen molar-refractivity contribution in [3.63, 3.8) is 0 Å². The van der Waals surface area contributed by atoms with Crippen molar-refractivity contribution < 1.29 is 0 Å². The molecule has 0 atom stereocenters. The topological polar surface area (TPSA) is 15.8 Å². The van der Waals surface area contributed by atoms with Gasteiger partial charge in [-0.2, -0.15) is 0 Å². The zero-order chi connectivity index (χ0) is 7.56. The Kier molecular flexibility index (Phi) is 2.15. The zero-order valence-corrected chi connectivity index (χ0v) is 6.94. The quantitative estimate of drug-likeness (QED) is 0.644. The number of H-pyrrole nitrogens is 1. The largest absolute Gasteiger partial charge is 0.365 e.